The van der Waals surface area contributed by atoms with E-state index in [2.05, 4.69) is 9.97 Å². The lowest BCUT2D eigenvalue weighted by atomic mass is 9.80. The maximum absolute atomic E-state index is 15.8. The fourth-order valence-corrected chi connectivity index (χ4v) is 6.23. The second kappa shape index (κ2) is 13.5. The highest BCUT2D eigenvalue weighted by molar-refractivity contribution is 6.74. The second-order valence-electron chi connectivity index (χ2n) is 13.0. The first kappa shape index (κ1) is 34.1. The Morgan fingerprint density at radius 1 is 0.787 bits per heavy atom. The normalized spacial score (nSPS) is 12.8. The summed E-state index contributed by atoms with van der Waals surface area (Å²) in [6.45, 7) is 8.49. The molecule has 2 heterocycles. The predicted molar refractivity (Wildman–Crippen MR) is 181 cm³/mol. The van der Waals surface area contributed by atoms with Gasteiger partial charge in [-0.1, -0.05) is 75.4 Å². The molecule has 5 aromatic rings. The third kappa shape index (κ3) is 7.22. The number of halogens is 2. The maximum atomic E-state index is 15.8. The SMILES string of the molecule is COc1ccc(C(OCc2nc3cncnc3n2CC(F)(F)CO[Si](C)(C)C(C)(C)C)(c2ccccc2)c2ccc(OC)cc2)cc1. The number of hydrogen-bond acceptors (Lipinski definition) is 7. The lowest BCUT2D eigenvalue weighted by Crippen LogP contribution is -2.45. The van der Waals surface area contributed by atoms with Crippen LogP contribution in [0.4, 0.5) is 8.78 Å². The van der Waals surface area contributed by atoms with Gasteiger partial charge in [0.05, 0.1) is 33.6 Å². The van der Waals surface area contributed by atoms with Gasteiger partial charge in [-0.15, -0.1) is 0 Å². The molecule has 0 fully saturated rings. The molecule has 3 aromatic carbocycles. The van der Waals surface area contributed by atoms with Gasteiger partial charge in [0.25, 0.3) is 5.92 Å². The summed E-state index contributed by atoms with van der Waals surface area (Å²) in [6, 6.07) is 25.0. The molecule has 0 atom stereocenters. The quantitative estimate of drug-likeness (QED) is 0.0935. The van der Waals surface area contributed by atoms with Crippen LogP contribution in [0.2, 0.25) is 18.1 Å². The molecule has 0 unspecified atom stereocenters. The molecule has 248 valence electrons. The smallest absolute Gasteiger partial charge is 0.287 e. The summed E-state index contributed by atoms with van der Waals surface area (Å²) >= 11 is 0. The van der Waals surface area contributed by atoms with Gasteiger partial charge >= 0.3 is 0 Å². The monoisotopic (exact) mass is 660 g/mol. The highest BCUT2D eigenvalue weighted by Crippen LogP contribution is 2.43. The predicted octanol–water partition coefficient (Wildman–Crippen LogP) is 8.01. The minimum atomic E-state index is -3.20. The number of aromatic nitrogens is 4. The molecule has 0 N–H and O–H groups in total. The van der Waals surface area contributed by atoms with E-state index in [1.54, 1.807) is 14.2 Å². The molecule has 0 aliphatic carbocycles. The topological polar surface area (TPSA) is 80.5 Å². The first-order valence-corrected chi connectivity index (χ1v) is 18.4. The summed E-state index contributed by atoms with van der Waals surface area (Å²) in [6.07, 6.45) is 2.85. The Morgan fingerprint density at radius 2 is 1.34 bits per heavy atom. The third-order valence-electron chi connectivity index (χ3n) is 8.92. The van der Waals surface area contributed by atoms with Crippen molar-refractivity contribution in [1.29, 1.82) is 0 Å². The number of benzene rings is 3. The summed E-state index contributed by atoms with van der Waals surface area (Å²) in [5, 5.41) is -0.208. The van der Waals surface area contributed by atoms with Crippen molar-refractivity contribution in [3.05, 3.63) is 114 Å². The van der Waals surface area contributed by atoms with E-state index in [1.807, 2.05) is 113 Å². The number of ether oxygens (including phenoxy) is 3. The van der Waals surface area contributed by atoms with Gasteiger partial charge in [0, 0.05) is 0 Å². The average molecular weight is 661 g/mol. The van der Waals surface area contributed by atoms with Crippen LogP contribution in [-0.4, -0.2) is 54.6 Å². The van der Waals surface area contributed by atoms with Gasteiger partial charge in [-0.3, -0.25) is 0 Å². The van der Waals surface area contributed by atoms with E-state index in [0.29, 0.717) is 22.7 Å². The summed E-state index contributed by atoms with van der Waals surface area (Å²) in [4.78, 5) is 13.1. The molecule has 0 saturated heterocycles. The van der Waals surface area contributed by atoms with Gasteiger partial charge < -0.3 is 23.2 Å². The summed E-state index contributed by atoms with van der Waals surface area (Å²) in [7, 11) is 0.800. The lowest BCUT2D eigenvalue weighted by molar-refractivity contribution is -0.0605. The summed E-state index contributed by atoms with van der Waals surface area (Å²) < 4.78 is 56.8. The van der Waals surface area contributed by atoms with Gasteiger partial charge in [0.15, 0.2) is 14.0 Å². The zero-order chi connectivity index (χ0) is 33.9. The fraction of sp³-hybridized carbons (Fsp3) is 0.361. The average Bonchev–Trinajstić information content (AvgIpc) is 3.41. The molecule has 0 amide bonds. The van der Waals surface area contributed by atoms with Crippen LogP contribution in [0.25, 0.3) is 11.2 Å². The van der Waals surface area contributed by atoms with Crippen LogP contribution >= 0.6 is 0 Å². The van der Waals surface area contributed by atoms with Crippen molar-refractivity contribution in [1.82, 2.24) is 19.5 Å². The molecule has 0 aliphatic rings. The van der Waals surface area contributed by atoms with Crippen LogP contribution < -0.4 is 9.47 Å². The van der Waals surface area contributed by atoms with Crippen molar-refractivity contribution in [2.24, 2.45) is 0 Å². The molecule has 47 heavy (non-hydrogen) atoms. The number of fused-ring (bicyclic) bond motifs is 1. The first-order valence-electron chi connectivity index (χ1n) is 15.4. The van der Waals surface area contributed by atoms with Crippen molar-refractivity contribution in [3.63, 3.8) is 0 Å². The standard InChI is InChI=1S/C36H42F2N4O4Si/c1-34(2,3)47(6,7)46-24-35(37,38)23-42-32(41-31-21-39-25-40-33(31)42)22-45-36(26-11-9-8-10-12-26,27-13-17-29(43-4)18-14-27)28-15-19-30(44-5)20-16-28/h8-21,25H,22-24H2,1-7H3. The fourth-order valence-electron chi connectivity index (χ4n) is 5.23. The minimum Gasteiger partial charge on any atom is -0.497 e. The summed E-state index contributed by atoms with van der Waals surface area (Å²) in [5.41, 5.74) is 1.99. The highest BCUT2D eigenvalue weighted by Gasteiger charge is 2.42. The van der Waals surface area contributed by atoms with Crippen LogP contribution in [0.5, 0.6) is 11.5 Å². The van der Waals surface area contributed by atoms with Crippen LogP contribution in [-0.2, 0) is 27.9 Å². The molecule has 0 spiro atoms. The number of methoxy groups -OCH3 is 2. The van der Waals surface area contributed by atoms with E-state index in [1.165, 1.54) is 17.1 Å². The van der Waals surface area contributed by atoms with E-state index in [0.717, 1.165) is 16.7 Å². The lowest BCUT2D eigenvalue weighted by Gasteiger charge is -2.37. The van der Waals surface area contributed by atoms with Crippen LogP contribution in [0, 0.1) is 0 Å². The van der Waals surface area contributed by atoms with Gasteiger partial charge in [-0.25, -0.2) is 23.7 Å². The Bertz CT molecular complexity index is 1730. The third-order valence-corrected chi connectivity index (χ3v) is 13.4. The number of imidazole rings is 1. The van der Waals surface area contributed by atoms with Gasteiger partial charge in [0.2, 0.25) is 0 Å². The Hall–Kier alpha value is -4.19. The molecular formula is C36H42F2N4O4Si. The Kier molecular flexibility index (Phi) is 9.81. The van der Waals surface area contributed by atoms with E-state index in [-0.39, 0.29) is 17.5 Å². The van der Waals surface area contributed by atoms with Gasteiger partial charge in [0.1, 0.15) is 41.4 Å². The van der Waals surface area contributed by atoms with Crippen molar-refractivity contribution >= 4 is 19.5 Å². The molecule has 0 radical (unpaired) electrons. The zero-order valence-electron chi connectivity index (χ0n) is 28.0. The molecule has 2 aromatic heterocycles. The van der Waals surface area contributed by atoms with Crippen molar-refractivity contribution in [3.8, 4) is 11.5 Å². The number of nitrogens with zero attached hydrogens (tertiary/aromatic N) is 4. The largest absolute Gasteiger partial charge is 0.497 e. The van der Waals surface area contributed by atoms with Crippen molar-refractivity contribution < 1.29 is 27.4 Å². The minimum absolute atomic E-state index is 0.123. The van der Waals surface area contributed by atoms with Gasteiger partial charge in [-0.05, 0) is 59.1 Å². The molecule has 5 rings (SSSR count). The number of alkyl halides is 2. The molecule has 0 aliphatic heterocycles. The highest BCUT2D eigenvalue weighted by atomic mass is 28.4. The van der Waals surface area contributed by atoms with E-state index in [4.69, 9.17) is 23.6 Å². The van der Waals surface area contributed by atoms with Crippen molar-refractivity contribution in [2.75, 3.05) is 20.8 Å². The molecule has 0 bridgehead atoms. The van der Waals surface area contributed by atoms with Crippen LogP contribution in [0.1, 0.15) is 43.3 Å². The van der Waals surface area contributed by atoms with E-state index < -0.39 is 33.0 Å². The number of hydrogen-bond donors (Lipinski definition) is 0. The van der Waals surface area contributed by atoms with Crippen molar-refractivity contribution in [2.45, 2.75) is 63.6 Å². The molecule has 11 heteroatoms. The maximum Gasteiger partial charge on any atom is 0.287 e. The van der Waals surface area contributed by atoms with Gasteiger partial charge in [-0.2, -0.15) is 0 Å². The Balaban J connectivity index is 1.59. The van der Waals surface area contributed by atoms with Crippen LogP contribution in [0.15, 0.2) is 91.4 Å². The number of rotatable bonds is 13. The second-order valence-corrected chi connectivity index (χ2v) is 17.9. The first-order chi connectivity index (χ1) is 22.3. The zero-order valence-corrected chi connectivity index (χ0v) is 29.0. The Labute approximate surface area is 275 Å². The molecular weight excluding hydrogens is 619 g/mol. The van der Waals surface area contributed by atoms with Crippen LogP contribution in [0.3, 0.4) is 0 Å². The van der Waals surface area contributed by atoms with E-state index >= 15 is 8.78 Å². The Morgan fingerprint density at radius 3 is 1.87 bits per heavy atom. The summed E-state index contributed by atoms with van der Waals surface area (Å²) in [5.74, 6) is -1.54. The molecule has 8 nitrogen and oxygen atoms in total. The molecule has 0 saturated carbocycles. The van der Waals surface area contributed by atoms with E-state index in [9.17, 15) is 0 Å².